The Hall–Kier alpha value is -2.99. The molecule has 1 heterocycles. The molecule has 0 fully saturated rings. The topological polar surface area (TPSA) is 90.2 Å². The van der Waals surface area contributed by atoms with Crippen LogP contribution in [0.15, 0.2) is 59.8 Å². The van der Waals surface area contributed by atoms with E-state index in [0.717, 1.165) is 10.4 Å². The number of rotatable bonds is 6. The molecule has 2 aromatic carbocycles. The van der Waals surface area contributed by atoms with Crippen molar-refractivity contribution in [1.29, 1.82) is 0 Å². The van der Waals surface area contributed by atoms with Gasteiger partial charge in [-0.05, 0) is 34.7 Å². The van der Waals surface area contributed by atoms with Crippen LogP contribution in [0.2, 0.25) is 0 Å². The summed E-state index contributed by atoms with van der Waals surface area (Å²) in [4.78, 5) is -0.0581. The van der Waals surface area contributed by atoms with Gasteiger partial charge in [-0.25, -0.2) is 13.1 Å². The number of para-hydroxylation sites is 1. The molecule has 0 saturated heterocycles. The van der Waals surface area contributed by atoms with Gasteiger partial charge in [-0.2, -0.15) is 4.31 Å². The fraction of sp³-hybridized carbons (Fsp3) is 0.188. The first kappa shape index (κ1) is 19.8. The molecule has 0 saturated carbocycles. The van der Waals surface area contributed by atoms with Crippen LogP contribution < -0.4 is 4.74 Å². The maximum atomic E-state index is 12.9. The Morgan fingerprint density at radius 2 is 1.89 bits per heavy atom. The SMILES string of the molecule is CN(Cc1ccccc1OC(F)(F)F)S(=O)(=O)c1cccc(-n2cnnn2)c1. The summed E-state index contributed by atoms with van der Waals surface area (Å²) in [7, 11) is -2.73. The molecule has 8 nitrogen and oxygen atoms in total. The van der Waals surface area contributed by atoms with E-state index in [0.29, 0.717) is 5.69 Å². The molecule has 0 aliphatic heterocycles. The van der Waals surface area contributed by atoms with Crippen LogP contribution in [0.25, 0.3) is 5.69 Å². The summed E-state index contributed by atoms with van der Waals surface area (Å²) in [5, 5.41) is 10.7. The molecule has 0 bridgehead atoms. The van der Waals surface area contributed by atoms with Gasteiger partial charge in [0.25, 0.3) is 0 Å². The van der Waals surface area contributed by atoms with Crippen LogP contribution >= 0.6 is 0 Å². The van der Waals surface area contributed by atoms with E-state index >= 15 is 0 Å². The zero-order chi connectivity index (χ0) is 20.4. The van der Waals surface area contributed by atoms with Crippen molar-refractivity contribution >= 4 is 10.0 Å². The minimum atomic E-state index is -4.88. The van der Waals surface area contributed by atoms with Gasteiger partial charge >= 0.3 is 6.36 Å². The van der Waals surface area contributed by atoms with Crippen molar-refractivity contribution in [2.24, 2.45) is 0 Å². The molecular formula is C16H14F3N5O3S. The molecule has 0 spiro atoms. The fourth-order valence-corrected chi connectivity index (χ4v) is 3.62. The van der Waals surface area contributed by atoms with Crippen LogP contribution in [0, 0.1) is 0 Å². The summed E-state index contributed by atoms with van der Waals surface area (Å²) in [6.45, 7) is -0.316. The number of halogens is 3. The Labute approximate surface area is 158 Å². The summed E-state index contributed by atoms with van der Waals surface area (Å²) in [5.41, 5.74) is 0.489. The summed E-state index contributed by atoms with van der Waals surface area (Å²) >= 11 is 0. The van der Waals surface area contributed by atoms with E-state index in [4.69, 9.17) is 0 Å². The van der Waals surface area contributed by atoms with Crippen molar-refractivity contribution in [3.05, 3.63) is 60.4 Å². The van der Waals surface area contributed by atoms with E-state index in [2.05, 4.69) is 20.3 Å². The molecule has 1 aromatic heterocycles. The highest BCUT2D eigenvalue weighted by atomic mass is 32.2. The third-order valence-electron chi connectivity index (χ3n) is 3.73. The average Bonchev–Trinajstić information content (AvgIpc) is 3.17. The second kappa shape index (κ2) is 7.56. The van der Waals surface area contributed by atoms with Crippen molar-refractivity contribution in [3.8, 4) is 11.4 Å². The van der Waals surface area contributed by atoms with Crippen molar-refractivity contribution in [3.63, 3.8) is 0 Å². The third kappa shape index (κ3) is 4.46. The minimum Gasteiger partial charge on any atom is -0.405 e. The molecule has 0 atom stereocenters. The van der Waals surface area contributed by atoms with Crippen molar-refractivity contribution < 1.29 is 26.3 Å². The Bertz CT molecular complexity index is 1060. The zero-order valence-corrected chi connectivity index (χ0v) is 15.2. The number of sulfonamides is 1. The Morgan fingerprint density at radius 1 is 1.14 bits per heavy atom. The highest BCUT2D eigenvalue weighted by Crippen LogP contribution is 2.28. The number of tetrazole rings is 1. The van der Waals surface area contributed by atoms with Crippen LogP contribution in [0.1, 0.15) is 5.56 Å². The summed E-state index contributed by atoms with van der Waals surface area (Å²) < 4.78 is 69.6. The Kier molecular flexibility index (Phi) is 5.34. The molecule has 0 aliphatic carbocycles. The third-order valence-corrected chi connectivity index (χ3v) is 5.53. The lowest BCUT2D eigenvalue weighted by Crippen LogP contribution is -2.27. The van der Waals surface area contributed by atoms with Gasteiger partial charge in [0.2, 0.25) is 10.0 Å². The van der Waals surface area contributed by atoms with E-state index in [1.165, 1.54) is 54.5 Å². The van der Waals surface area contributed by atoms with Gasteiger partial charge < -0.3 is 4.74 Å². The molecule has 3 rings (SSSR count). The first-order valence-corrected chi connectivity index (χ1v) is 9.24. The average molecular weight is 413 g/mol. The fourth-order valence-electron chi connectivity index (χ4n) is 2.43. The molecule has 0 radical (unpaired) electrons. The zero-order valence-electron chi connectivity index (χ0n) is 14.4. The number of nitrogens with zero attached hydrogens (tertiary/aromatic N) is 5. The largest absolute Gasteiger partial charge is 0.573 e. The van der Waals surface area contributed by atoms with E-state index in [1.807, 2.05) is 0 Å². The van der Waals surface area contributed by atoms with Gasteiger partial charge in [-0.3, -0.25) is 0 Å². The second-order valence-corrected chi connectivity index (χ2v) is 7.71. The smallest absolute Gasteiger partial charge is 0.405 e. The van der Waals surface area contributed by atoms with Gasteiger partial charge in [-0.15, -0.1) is 18.3 Å². The van der Waals surface area contributed by atoms with Crippen molar-refractivity contribution in [2.45, 2.75) is 17.8 Å². The van der Waals surface area contributed by atoms with Crippen LogP contribution in [-0.4, -0.2) is 46.3 Å². The van der Waals surface area contributed by atoms with Crippen LogP contribution in [0.3, 0.4) is 0 Å². The lowest BCUT2D eigenvalue weighted by atomic mass is 10.2. The second-order valence-electron chi connectivity index (χ2n) is 5.67. The maximum Gasteiger partial charge on any atom is 0.573 e. The van der Waals surface area contributed by atoms with E-state index in [-0.39, 0.29) is 17.0 Å². The number of ether oxygens (including phenoxy) is 1. The monoisotopic (exact) mass is 413 g/mol. The normalized spacial score (nSPS) is 12.3. The molecule has 148 valence electrons. The summed E-state index contributed by atoms with van der Waals surface area (Å²) in [6, 6.07) is 11.2. The van der Waals surface area contributed by atoms with E-state index in [1.54, 1.807) is 6.07 Å². The van der Waals surface area contributed by atoms with Crippen LogP contribution in [0.4, 0.5) is 13.2 Å². The standard InChI is InChI=1S/C16H14F3N5O3S/c1-23(10-12-5-2-3-8-15(12)27-16(17,18)19)28(25,26)14-7-4-6-13(9-14)24-11-20-21-22-24/h2-9,11H,10H2,1H3. The predicted octanol–water partition coefficient (Wildman–Crippen LogP) is 2.38. The molecule has 0 unspecified atom stereocenters. The lowest BCUT2D eigenvalue weighted by Gasteiger charge is -2.20. The number of benzene rings is 2. The lowest BCUT2D eigenvalue weighted by molar-refractivity contribution is -0.274. The highest BCUT2D eigenvalue weighted by molar-refractivity contribution is 7.89. The number of alkyl halides is 3. The van der Waals surface area contributed by atoms with Gasteiger partial charge in [0.1, 0.15) is 12.1 Å². The first-order chi connectivity index (χ1) is 13.2. The van der Waals surface area contributed by atoms with Gasteiger partial charge in [0.05, 0.1) is 10.6 Å². The maximum absolute atomic E-state index is 12.9. The van der Waals surface area contributed by atoms with Crippen molar-refractivity contribution in [1.82, 2.24) is 24.5 Å². The molecule has 0 N–H and O–H groups in total. The first-order valence-electron chi connectivity index (χ1n) is 7.80. The summed E-state index contributed by atoms with van der Waals surface area (Å²) in [5.74, 6) is -0.459. The minimum absolute atomic E-state index is 0.0581. The van der Waals surface area contributed by atoms with E-state index in [9.17, 15) is 21.6 Å². The molecule has 0 amide bonds. The summed E-state index contributed by atoms with van der Waals surface area (Å²) in [6.07, 6.45) is -3.58. The van der Waals surface area contributed by atoms with Crippen LogP contribution in [-0.2, 0) is 16.6 Å². The van der Waals surface area contributed by atoms with Gasteiger partial charge in [0.15, 0.2) is 0 Å². The molecule has 12 heteroatoms. The predicted molar refractivity (Wildman–Crippen MR) is 90.9 cm³/mol. The van der Waals surface area contributed by atoms with Gasteiger partial charge in [0, 0.05) is 19.2 Å². The quantitative estimate of drug-likeness (QED) is 0.616. The molecule has 28 heavy (non-hydrogen) atoms. The molecule has 3 aromatic rings. The highest BCUT2D eigenvalue weighted by Gasteiger charge is 2.32. The Morgan fingerprint density at radius 3 is 2.57 bits per heavy atom. The van der Waals surface area contributed by atoms with Gasteiger partial charge in [-0.1, -0.05) is 24.3 Å². The number of hydrogen-bond donors (Lipinski definition) is 0. The molecule has 0 aliphatic rings. The van der Waals surface area contributed by atoms with Crippen LogP contribution in [0.5, 0.6) is 5.75 Å². The Balaban J connectivity index is 1.87. The van der Waals surface area contributed by atoms with Crippen molar-refractivity contribution in [2.75, 3.05) is 7.05 Å². The van der Waals surface area contributed by atoms with E-state index < -0.39 is 22.1 Å². The number of hydrogen-bond acceptors (Lipinski definition) is 6. The number of aromatic nitrogens is 4. The molecular weight excluding hydrogens is 399 g/mol.